The van der Waals surface area contributed by atoms with Gasteiger partial charge in [0.2, 0.25) is 5.91 Å². The lowest BCUT2D eigenvalue weighted by atomic mass is 9.96. The first-order chi connectivity index (χ1) is 34.8. The van der Waals surface area contributed by atoms with Gasteiger partial charge < -0.3 is 89.9 Å². The predicted molar refractivity (Wildman–Crippen MR) is 268 cm³/mol. The second kappa shape index (κ2) is 38.4. The maximum Gasteiger partial charge on any atom is 0.220 e. The van der Waals surface area contributed by atoms with Crippen LogP contribution in [-0.4, -0.2) is 193 Å². The van der Waals surface area contributed by atoms with Crippen LogP contribution in [0.4, 0.5) is 0 Å². The standard InChI is InChI=1S/C53H101NO18/c1-3-5-7-9-11-13-15-17-19-21-23-25-27-29-31-41(59)54-36(37(58)30-28-26-24-22-20-18-16-14-12-10-8-6-4-2)35-67-51-47(65)44(62)49(39(33-56)69-51)72-53-48(66)45(63)50(40(34-57)70-53)71-52-46(64)43(61)42(60)38(32-55)68-52/h36-40,42-53,55-58,60-66H,3-35H2,1-2H3,(H,54,59). The lowest BCUT2D eigenvalue weighted by Gasteiger charge is -2.48. The SMILES string of the molecule is CCCCCCCCCCCCCCCCC(=O)NC(COC1OC(CO)C(OC2OC(CO)C(OC3OC(CO)C(O)C(O)C3O)C(O)C2O)C(O)C1O)C(O)CCCCCCCCCCCCCCC. The molecule has 426 valence electrons. The van der Waals surface area contributed by atoms with Crippen molar-refractivity contribution in [2.45, 2.75) is 304 Å². The van der Waals surface area contributed by atoms with E-state index < -0.39 is 124 Å². The Morgan fingerprint density at radius 1 is 0.444 bits per heavy atom. The lowest BCUT2D eigenvalue weighted by molar-refractivity contribution is -0.379. The minimum Gasteiger partial charge on any atom is -0.394 e. The van der Waals surface area contributed by atoms with Gasteiger partial charge in [-0.2, -0.15) is 0 Å². The van der Waals surface area contributed by atoms with Gasteiger partial charge in [-0.1, -0.05) is 181 Å². The van der Waals surface area contributed by atoms with Gasteiger partial charge in [0.05, 0.1) is 38.6 Å². The minimum absolute atomic E-state index is 0.242. The number of aliphatic hydroxyl groups excluding tert-OH is 11. The second-order valence-corrected chi connectivity index (χ2v) is 20.8. The molecule has 0 aromatic heterocycles. The van der Waals surface area contributed by atoms with Gasteiger partial charge in [-0.05, 0) is 12.8 Å². The zero-order valence-corrected chi connectivity index (χ0v) is 43.9. The molecular weight excluding hydrogens is 939 g/mol. The first-order valence-electron chi connectivity index (χ1n) is 28.3. The van der Waals surface area contributed by atoms with Crippen molar-refractivity contribution < 1.29 is 89.4 Å². The third-order valence-electron chi connectivity index (χ3n) is 14.7. The summed E-state index contributed by atoms with van der Waals surface area (Å²) in [6.45, 7) is 1.78. The fourth-order valence-electron chi connectivity index (χ4n) is 9.96. The van der Waals surface area contributed by atoms with Gasteiger partial charge in [0.15, 0.2) is 18.9 Å². The van der Waals surface area contributed by atoms with Crippen LogP contribution in [0.2, 0.25) is 0 Å². The van der Waals surface area contributed by atoms with Crippen molar-refractivity contribution in [1.82, 2.24) is 5.32 Å². The van der Waals surface area contributed by atoms with Gasteiger partial charge in [0, 0.05) is 6.42 Å². The van der Waals surface area contributed by atoms with Crippen LogP contribution >= 0.6 is 0 Å². The van der Waals surface area contributed by atoms with Gasteiger partial charge in [-0.3, -0.25) is 4.79 Å². The Labute approximate surface area is 430 Å². The van der Waals surface area contributed by atoms with Crippen LogP contribution in [0.15, 0.2) is 0 Å². The van der Waals surface area contributed by atoms with Crippen molar-refractivity contribution in [2.24, 2.45) is 0 Å². The molecule has 0 spiro atoms. The number of amides is 1. The number of rotatable bonds is 41. The molecular formula is C53H101NO18. The topological polar surface area (TPSA) is 307 Å². The molecule has 72 heavy (non-hydrogen) atoms. The van der Waals surface area contributed by atoms with Crippen LogP contribution in [0, 0.1) is 0 Å². The van der Waals surface area contributed by atoms with E-state index in [4.69, 9.17) is 28.4 Å². The van der Waals surface area contributed by atoms with E-state index in [1.54, 1.807) is 0 Å². The first kappa shape index (κ1) is 65.1. The predicted octanol–water partition coefficient (Wildman–Crippen LogP) is 3.65. The molecule has 0 saturated carbocycles. The molecule has 1 amide bonds. The molecule has 19 nitrogen and oxygen atoms in total. The minimum atomic E-state index is -1.97. The Kier molecular flexibility index (Phi) is 34.7. The highest BCUT2D eigenvalue weighted by Gasteiger charge is 2.53. The average molecular weight is 1040 g/mol. The highest BCUT2D eigenvalue weighted by molar-refractivity contribution is 5.76. The van der Waals surface area contributed by atoms with Crippen LogP contribution in [0.5, 0.6) is 0 Å². The molecule has 17 unspecified atom stereocenters. The number of nitrogens with one attached hydrogen (secondary N) is 1. The Hall–Kier alpha value is -1.21. The maximum absolute atomic E-state index is 13.3. The van der Waals surface area contributed by atoms with Crippen molar-refractivity contribution in [2.75, 3.05) is 26.4 Å². The number of carbonyl (C=O) groups excluding carboxylic acids is 1. The molecule has 3 rings (SSSR count). The number of unbranched alkanes of at least 4 members (excludes halogenated alkanes) is 25. The summed E-state index contributed by atoms with van der Waals surface area (Å²) in [4.78, 5) is 13.3. The molecule has 0 aliphatic carbocycles. The quantitative estimate of drug-likeness (QED) is 0.0389. The maximum atomic E-state index is 13.3. The normalized spacial score (nSPS) is 31.9. The molecule has 3 heterocycles. The van der Waals surface area contributed by atoms with E-state index in [9.17, 15) is 61.0 Å². The van der Waals surface area contributed by atoms with Crippen LogP contribution in [0.3, 0.4) is 0 Å². The summed E-state index contributed by atoms with van der Waals surface area (Å²) in [5.41, 5.74) is 0. The van der Waals surface area contributed by atoms with Gasteiger partial charge in [-0.15, -0.1) is 0 Å². The molecule has 12 N–H and O–H groups in total. The highest BCUT2D eigenvalue weighted by atomic mass is 16.8. The summed E-state index contributed by atoms with van der Waals surface area (Å²) in [7, 11) is 0. The summed E-state index contributed by atoms with van der Waals surface area (Å²) in [6.07, 6.45) is 6.22. The van der Waals surface area contributed by atoms with Crippen LogP contribution < -0.4 is 5.32 Å². The van der Waals surface area contributed by atoms with Gasteiger partial charge in [0.1, 0.15) is 73.2 Å². The van der Waals surface area contributed by atoms with E-state index in [2.05, 4.69) is 19.2 Å². The van der Waals surface area contributed by atoms with Crippen molar-refractivity contribution in [3.05, 3.63) is 0 Å². The van der Waals surface area contributed by atoms with Gasteiger partial charge >= 0.3 is 0 Å². The molecule has 3 saturated heterocycles. The summed E-state index contributed by atoms with van der Waals surface area (Å²) in [5, 5.41) is 120. The van der Waals surface area contributed by atoms with Crippen molar-refractivity contribution in [3.63, 3.8) is 0 Å². The fraction of sp³-hybridized carbons (Fsp3) is 0.981. The van der Waals surface area contributed by atoms with Gasteiger partial charge in [0.25, 0.3) is 0 Å². The molecule has 17 atom stereocenters. The number of hydrogen-bond donors (Lipinski definition) is 12. The Bertz CT molecular complexity index is 1340. The molecule has 3 fully saturated rings. The fourth-order valence-corrected chi connectivity index (χ4v) is 9.96. The van der Waals surface area contributed by atoms with E-state index in [1.807, 2.05) is 0 Å². The van der Waals surface area contributed by atoms with Gasteiger partial charge in [-0.25, -0.2) is 0 Å². The van der Waals surface area contributed by atoms with Crippen LogP contribution in [0.1, 0.15) is 200 Å². The number of hydrogen-bond acceptors (Lipinski definition) is 18. The third kappa shape index (κ3) is 23.2. The Morgan fingerprint density at radius 2 is 0.792 bits per heavy atom. The van der Waals surface area contributed by atoms with Crippen LogP contribution in [-0.2, 0) is 33.2 Å². The van der Waals surface area contributed by atoms with E-state index in [0.29, 0.717) is 12.8 Å². The smallest absolute Gasteiger partial charge is 0.220 e. The Balaban J connectivity index is 1.52. The molecule has 0 bridgehead atoms. The molecule has 0 radical (unpaired) electrons. The van der Waals surface area contributed by atoms with E-state index in [0.717, 1.165) is 44.9 Å². The number of aliphatic hydroxyl groups is 11. The van der Waals surface area contributed by atoms with Crippen molar-refractivity contribution >= 4 is 5.91 Å². The summed E-state index contributed by atoms with van der Waals surface area (Å²) in [5.74, 6) is -0.242. The molecule has 3 aliphatic rings. The molecule has 0 aromatic rings. The van der Waals surface area contributed by atoms with E-state index >= 15 is 0 Å². The lowest BCUT2D eigenvalue weighted by Crippen LogP contribution is -2.66. The molecule has 19 heteroatoms. The molecule has 3 aliphatic heterocycles. The largest absolute Gasteiger partial charge is 0.394 e. The zero-order valence-electron chi connectivity index (χ0n) is 43.9. The highest BCUT2D eigenvalue weighted by Crippen LogP contribution is 2.33. The van der Waals surface area contributed by atoms with Crippen LogP contribution in [0.25, 0.3) is 0 Å². The average Bonchev–Trinajstić information content (AvgIpc) is 3.37. The van der Waals surface area contributed by atoms with E-state index in [-0.39, 0.29) is 18.9 Å². The summed E-state index contributed by atoms with van der Waals surface area (Å²) in [6, 6.07) is -0.878. The van der Waals surface area contributed by atoms with Crippen molar-refractivity contribution in [1.29, 1.82) is 0 Å². The van der Waals surface area contributed by atoms with Crippen molar-refractivity contribution in [3.8, 4) is 0 Å². The summed E-state index contributed by atoms with van der Waals surface area (Å²) >= 11 is 0. The monoisotopic (exact) mass is 1040 g/mol. The Morgan fingerprint density at radius 3 is 1.21 bits per heavy atom. The number of carbonyl (C=O) groups is 1. The number of ether oxygens (including phenoxy) is 6. The molecule has 0 aromatic carbocycles. The van der Waals surface area contributed by atoms with E-state index in [1.165, 1.54) is 122 Å². The first-order valence-corrected chi connectivity index (χ1v) is 28.3. The summed E-state index contributed by atoms with van der Waals surface area (Å²) < 4.78 is 34.2. The zero-order chi connectivity index (χ0) is 52.7. The third-order valence-corrected chi connectivity index (χ3v) is 14.7. The second-order valence-electron chi connectivity index (χ2n) is 20.8.